The fraction of sp³-hybridized carbons (Fsp3) is 0.182. The molecule has 1 heterocycles. The minimum Gasteiger partial charge on any atom is -0.432 e. The number of hydrogen-bond donors (Lipinski definition) is 1. The Morgan fingerprint density at radius 2 is 2.28 bits per heavy atom. The summed E-state index contributed by atoms with van der Waals surface area (Å²) in [6, 6.07) is 6.44. The number of ether oxygens (including phenoxy) is 1. The predicted octanol–water partition coefficient (Wildman–Crippen LogP) is 1.90. The third-order valence-electron chi connectivity index (χ3n) is 2.24. The Kier molecular flexibility index (Phi) is 3.89. The van der Waals surface area contributed by atoms with Crippen molar-refractivity contribution < 1.29 is 13.2 Å². The van der Waals surface area contributed by atoms with Gasteiger partial charge in [0.1, 0.15) is 5.75 Å². The summed E-state index contributed by atoms with van der Waals surface area (Å²) in [5, 5.41) is 4.63. The van der Waals surface area contributed by atoms with Crippen molar-refractivity contribution in [1.82, 2.24) is 5.32 Å². The van der Waals surface area contributed by atoms with Crippen molar-refractivity contribution in [2.24, 2.45) is 0 Å². The maximum Gasteiger partial charge on any atom is 0.262 e. The molecule has 0 spiro atoms. The molecule has 1 N–H and O–H groups in total. The van der Waals surface area contributed by atoms with Gasteiger partial charge in [-0.1, -0.05) is 17.7 Å². The number of nitrogens with one attached hydrogen (secondary N) is 1. The third kappa shape index (κ3) is 3.69. The zero-order valence-electron chi connectivity index (χ0n) is 9.17. The Balaban J connectivity index is 1.92. The number of benzene rings is 1. The van der Waals surface area contributed by atoms with Crippen LogP contribution in [0.15, 0.2) is 35.7 Å². The lowest BCUT2D eigenvalue weighted by molar-refractivity contribution is 0.524. The van der Waals surface area contributed by atoms with Gasteiger partial charge in [0.05, 0.1) is 11.8 Å². The van der Waals surface area contributed by atoms with E-state index in [1.54, 1.807) is 30.3 Å². The second-order valence-corrected chi connectivity index (χ2v) is 6.49. The molecule has 1 aliphatic rings. The minimum atomic E-state index is -3.10. The molecular weight excluding hydrogens is 294 g/mol. The van der Waals surface area contributed by atoms with Gasteiger partial charge in [-0.05, 0) is 36.5 Å². The van der Waals surface area contributed by atoms with Gasteiger partial charge in [-0.15, -0.1) is 0 Å². The van der Waals surface area contributed by atoms with Crippen LogP contribution in [-0.2, 0) is 9.84 Å². The topological polar surface area (TPSA) is 55.4 Å². The van der Waals surface area contributed by atoms with Crippen LogP contribution in [0.1, 0.15) is 0 Å². The van der Waals surface area contributed by atoms with Gasteiger partial charge in [-0.2, -0.15) is 0 Å². The van der Waals surface area contributed by atoms with Crippen molar-refractivity contribution >= 4 is 38.8 Å². The minimum absolute atomic E-state index is 0.00789. The molecule has 0 saturated carbocycles. The third-order valence-corrected chi connectivity index (χ3v) is 4.07. The molecule has 1 aliphatic heterocycles. The van der Waals surface area contributed by atoms with E-state index in [1.807, 2.05) is 0 Å². The van der Waals surface area contributed by atoms with Crippen LogP contribution in [0, 0.1) is 0 Å². The molecule has 96 valence electrons. The molecule has 0 amide bonds. The molecule has 0 aliphatic carbocycles. The highest BCUT2D eigenvalue weighted by Gasteiger charge is 2.22. The van der Waals surface area contributed by atoms with E-state index in [2.05, 4.69) is 5.32 Å². The molecule has 1 unspecified atom stereocenters. The van der Waals surface area contributed by atoms with Crippen molar-refractivity contribution in [2.75, 3.05) is 5.75 Å². The fourth-order valence-electron chi connectivity index (χ4n) is 1.48. The highest BCUT2D eigenvalue weighted by Crippen LogP contribution is 2.17. The van der Waals surface area contributed by atoms with E-state index in [0.29, 0.717) is 10.8 Å². The first-order valence-electron chi connectivity index (χ1n) is 5.09. The normalized spacial score (nSPS) is 20.6. The Labute approximate surface area is 116 Å². The van der Waals surface area contributed by atoms with Crippen LogP contribution in [0.3, 0.4) is 0 Å². The Bertz CT molecular complexity index is 598. The molecule has 1 aromatic rings. The zero-order valence-corrected chi connectivity index (χ0v) is 11.6. The van der Waals surface area contributed by atoms with Gasteiger partial charge in [0.2, 0.25) is 0 Å². The lowest BCUT2D eigenvalue weighted by Gasteiger charge is -2.13. The van der Waals surface area contributed by atoms with Gasteiger partial charge >= 0.3 is 0 Å². The van der Waals surface area contributed by atoms with E-state index in [-0.39, 0.29) is 17.0 Å². The van der Waals surface area contributed by atoms with Crippen LogP contribution in [-0.4, -0.2) is 25.4 Å². The molecule has 18 heavy (non-hydrogen) atoms. The van der Waals surface area contributed by atoms with Crippen LogP contribution in [0.25, 0.3) is 0 Å². The Morgan fingerprint density at radius 3 is 2.89 bits per heavy atom. The highest BCUT2D eigenvalue weighted by atomic mass is 35.5. The van der Waals surface area contributed by atoms with E-state index in [9.17, 15) is 8.42 Å². The largest absolute Gasteiger partial charge is 0.432 e. The van der Waals surface area contributed by atoms with E-state index in [1.165, 1.54) is 5.41 Å². The summed E-state index contributed by atoms with van der Waals surface area (Å²) in [5.41, 5.74) is 0. The molecule has 0 saturated heterocycles. The first-order valence-corrected chi connectivity index (χ1v) is 7.60. The summed E-state index contributed by atoms with van der Waals surface area (Å²) < 4.78 is 27.7. The Morgan fingerprint density at radius 1 is 1.50 bits per heavy atom. The molecule has 0 fully saturated rings. The fourth-order valence-corrected chi connectivity index (χ4v) is 3.15. The van der Waals surface area contributed by atoms with Gasteiger partial charge in [0.25, 0.3) is 5.17 Å². The van der Waals surface area contributed by atoms with Gasteiger partial charge in [0.15, 0.2) is 9.84 Å². The predicted molar refractivity (Wildman–Crippen MR) is 74.5 cm³/mol. The standard InChI is InChI=1S/C11H10ClNO3S2/c12-8-2-1-3-10(6-8)16-11(17)13-9-4-5-18(14,15)7-9/h1-6,9H,7H2,(H,13,17). The number of thiocarbonyl (C=S) groups is 1. The molecule has 0 aromatic heterocycles. The van der Waals surface area contributed by atoms with Gasteiger partial charge in [-0.3, -0.25) is 0 Å². The second kappa shape index (κ2) is 5.26. The molecule has 1 atom stereocenters. The second-order valence-electron chi connectivity index (χ2n) is 3.76. The molecule has 7 heteroatoms. The van der Waals surface area contributed by atoms with E-state index in [0.717, 1.165) is 0 Å². The summed E-state index contributed by atoms with van der Waals surface area (Å²) in [4.78, 5) is 0. The number of hydrogen-bond acceptors (Lipinski definition) is 4. The average Bonchev–Trinajstić information content (AvgIpc) is 2.57. The Hall–Kier alpha value is -1.11. The summed E-state index contributed by atoms with van der Waals surface area (Å²) in [6.07, 6.45) is 1.54. The molecule has 4 nitrogen and oxygen atoms in total. The van der Waals surface area contributed by atoms with Crippen LogP contribution in [0.2, 0.25) is 5.02 Å². The quantitative estimate of drug-likeness (QED) is 0.846. The summed E-state index contributed by atoms with van der Waals surface area (Å²) in [5.74, 6) is 0.497. The van der Waals surface area contributed by atoms with Crippen molar-refractivity contribution in [3.8, 4) is 5.75 Å². The van der Waals surface area contributed by atoms with Crippen LogP contribution < -0.4 is 10.1 Å². The highest BCUT2D eigenvalue weighted by molar-refractivity contribution is 7.94. The van der Waals surface area contributed by atoms with Crippen LogP contribution in [0.5, 0.6) is 5.75 Å². The molecule has 0 bridgehead atoms. The summed E-state index contributed by atoms with van der Waals surface area (Å²) in [6.45, 7) is 0. The first kappa shape index (κ1) is 13.3. The smallest absolute Gasteiger partial charge is 0.262 e. The lowest BCUT2D eigenvalue weighted by atomic mass is 10.3. The first-order chi connectivity index (χ1) is 8.44. The number of rotatable bonds is 2. The van der Waals surface area contributed by atoms with Gasteiger partial charge < -0.3 is 10.1 Å². The number of sulfone groups is 1. The van der Waals surface area contributed by atoms with E-state index in [4.69, 9.17) is 28.6 Å². The molecule has 1 aromatic carbocycles. The van der Waals surface area contributed by atoms with Gasteiger partial charge in [0, 0.05) is 10.4 Å². The SMILES string of the molecule is O=S1(=O)C=CC(NC(=S)Oc2cccc(Cl)c2)C1. The van der Waals surface area contributed by atoms with Crippen molar-refractivity contribution in [1.29, 1.82) is 0 Å². The van der Waals surface area contributed by atoms with Crippen LogP contribution in [0.4, 0.5) is 0 Å². The maximum absolute atomic E-state index is 11.2. The average molecular weight is 304 g/mol. The lowest BCUT2D eigenvalue weighted by Crippen LogP contribution is -2.37. The van der Waals surface area contributed by atoms with Crippen molar-refractivity contribution in [2.45, 2.75) is 6.04 Å². The van der Waals surface area contributed by atoms with Crippen molar-refractivity contribution in [3.05, 3.63) is 40.8 Å². The van der Waals surface area contributed by atoms with E-state index >= 15 is 0 Å². The number of halogens is 1. The monoisotopic (exact) mass is 303 g/mol. The zero-order chi connectivity index (χ0) is 13.2. The van der Waals surface area contributed by atoms with Gasteiger partial charge in [-0.25, -0.2) is 8.42 Å². The molecule has 0 radical (unpaired) electrons. The summed E-state index contributed by atoms with van der Waals surface area (Å²) in [7, 11) is -3.10. The molecular formula is C11H10ClNO3S2. The van der Waals surface area contributed by atoms with E-state index < -0.39 is 9.84 Å². The summed E-state index contributed by atoms with van der Waals surface area (Å²) >= 11 is 10.8. The maximum atomic E-state index is 11.2. The van der Waals surface area contributed by atoms with Crippen molar-refractivity contribution in [3.63, 3.8) is 0 Å². The molecule has 2 rings (SSSR count). The van der Waals surface area contributed by atoms with Crippen LogP contribution >= 0.6 is 23.8 Å².